The van der Waals surface area contributed by atoms with E-state index in [1.54, 1.807) is 12.1 Å². The lowest BCUT2D eigenvalue weighted by Crippen LogP contribution is -2.50. The summed E-state index contributed by atoms with van der Waals surface area (Å²) in [6.07, 6.45) is 2.04. The Morgan fingerprint density at radius 1 is 1.35 bits per heavy atom. The monoisotopic (exact) mass is 384 g/mol. The maximum absolute atomic E-state index is 12.4. The van der Waals surface area contributed by atoms with Crippen LogP contribution < -0.4 is 5.32 Å². The first-order valence-corrected chi connectivity index (χ1v) is 9.11. The molecule has 3 heterocycles. The van der Waals surface area contributed by atoms with E-state index in [1.165, 1.54) is 12.3 Å². The number of hydroxylamine groups is 2. The molecule has 140 valence electrons. The number of pyridine rings is 1. The van der Waals surface area contributed by atoms with E-state index in [4.69, 9.17) is 4.55 Å². The van der Waals surface area contributed by atoms with Gasteiger partial charge >= 0.3 is 16.4 Å². The number of fused-ring (bicyclic) bond motifs is 2. The van der Waals surface area contributed by atoms with E-state index in [-0.39, 0.29) is 31.0 Å². The van der Waals surface area contributed by atoms with Gasteiger partial charge < -0.3 is 10.2 Å². The van der Waals surface area contributed by atoms with E-state index in [0.717, 1.165) is 4.90 Å². The van der Waals surface area contributed by atoms with E-state index in [1.807, 2.05) is 0 Å². The van der Waals surface area contributed by atoms with Crippen molar-refractivity contribution in [3.8, 4) is 0 Å². The van der Waals surface area contributed by atoms with Gasteiger partial charge in [-0.1, -0.05) is 6.07 Å². The van der Waals surface area contributed by atoms with Crippen LogP contribution in [0.15, 0.2) is 24.4 Å². The number of ketones is 1. The minimum atomic E-state index is -4.84. The van der Waals surface area contributed by atoms with Gasteiger partial charge in [-0.05, 0) is 25.0 Å². The molecule has 2 N–H and O–H groups in total. The van der Waals surface area contributed by atoms with Gasteiger partial charge in [-0.25, -0.2) is 4.79 Å². The Hall–Kier alpha value is -2.57. The first-order valence-electron chi connectivity index (χ1n) is 7.75. The molecule has 0 saturated carbocycles. The second-order valence-corrected chi connectivity index (χ2v) is 6.87. The van der Waals surface area contributed by atoms with E-state index in [9.17, 15) is 22.8 Å². The first-order chi connectivity index (χ1) is 12.3. The predicted molar refractivity (Wildman–Crippen MR) is 85.0 cm³/mol. The van der Waals surface area contributed by atoms with Crippen LogP contribution in [0, 0.1) is 0 Å². The molecule has 3 rings (SSSR count). The van der Waals surface area contributed by atoms with E-state index in [0.29, 0.717) is 11.5 Å². The van der Waals surface area contributed by atoms with Crippen LogP contribution in [-0.2, 0) is 19.5 Å². The molecule has 2 saturated heterocycles. The average Bonchev–Trinajstić information content (AvgIpc) is 2.84. The molecule has 0 aliphatic carbocycles. The van der Waals surface area contributed by atoms with Gasteiger partial charge in [0.2, 0.25) is 5.91 Å². The Morgan fingerprint density at radius 2 is 2.12 bits per heavy atom. The highest BCUT2D eigenvalue weighted by Crippen LogP contribution is 2.30. The molecule has 2 aliphatic rings. The number of carbonyl (C=O) groups excluding carboxylic acids is 3. The van der Waals surface area contributed by atoms with E-state index < -0.39 is 34.4 Å². The number of Topliss-reactive ketones (excluding diaryl/α,β-unsaturated/α-hetero) is 1. The third-order valence-corrected chi connectivity index (χ3v) is 4.52. The number of hydrogen-bond donors (Lipinski definition) is 2. The highest BCUT2D eigenvalue weighted by atomic mass is 32.3. The number of amides is 3. The van der Waals surface area contributed by atoms with Crippen LogP contribution >= 0.6 is 0 Å². The van der Waals surface area contributed by atoms with E-state index >= 15 is 0 Å². The summed E-state index contributed by atoms with van der Waals surface area (Å²) in [6, 6.07) is 2.56. The van der Waals surface area contributed by atoms with Crippen molar-refractivity contribution < 1.29 is 31.6 Å². The summed E-state index contributed by atoms with van der Waals surface area (Å²) in [4.78, 5) is 41.6. The highest BCUT2D eigenvalue weighted by Gasteiger charge is 2.49. The van der Waals surface area contributed by atoms with Gasteiger partial charge in [0.25, 0.3) is 0 Å². The summed E-state index contributed by atoms with van der Waals surface area (Å²) in [7, 11) is -4.84. The second kappa shape index (κ2) is 6.97. The molecule has 0 unspecified atom stereocenters. The summed E-state index contributed by atoms with van der Waals surface area (Å²) in [6.45, 7) is -0.191. The van der Waals surface area contributed by atoms with Gasteiger partial charge in [0, 0.05) is 12.7 Å². The van der Waals surface area contributed by atoms with Gasteiger partial charge in [-0.15, -0.1) is 4.28 Å². The van der Waals surface area contributed by atoms with Crippen LogP contribution in [-0.4, -0.2) is 70.8 Å². The molecule has 11 nitrogen and oxygen atoms in total. The third-order valence-electron chi connectivity index (χ3n) is 4.17. The van der Waals surface area contributed by atoms with Crippen molar-refractivity contribution in [3.05, 3.63) is 30.1 Å². The quantitative estimate of drug-likeness (QED) is 0.487. The van der Waals surface area contributed by atoms with E-state index in [2.05, 4.69) is 14.6 Å². The Balaban J connectivity index is 1.61. The van der Waals surface area contributed by atoms with Crippen LogP contribution in [0.2, 0.25) is 0 Å². The molecule has 2 fully saturated rings. The molecule has 2 aliphatic heterocycles. The fourth-order valence-electron chi connectivity index (χ4n) is 3.01. The van der Waals surface area contributed by atoms with Crippen molar-refractivity contribution >= 4 is 28.1 Å². The lowest BCUT2D eigenvalue weighted by atomic mass is 10.0. The number of nitrogens with zero attached hydrogens (tertiary/aromatic N) is 3. The smallest absolute Gasteiger partial charge is 0.347 e. The third kappa shape index (κ3) is 3.81. The number of urea groups is 1. The van der Waals surface area contributed by atoms with Crippen LogP contribution in [0.3, 0.4) is 0 Å². The number of hydrogen-bond acceptors (Lipinski definition) is 7. The summed E-state index contributed by atoms with van der Waals surface area (Å²) in [5.74, 6) is -0.911. The zero-order valence-electron chi connectivity index (χ0n) is 13.4. The normalized spacial score (nSPS) is 22.4. The Bertz CT molecular complexity index is 829. The summed E-state index contributed by atoms with van der Waals surface area (Å²) in [5.41, 5.74) is 0.210. The zero-order chi connectivity index (χ0) is 18.9. The van der Waals surface area contributed by atoms with Crippen molar-refractivity contribution in [2.75, 3.05) is 13.1 Å². The number of rotatable bonds is 6. The van der Waals surface area contributed by atoms with Crippen molar-refractivity contribution in [2.45, 2.75) is 24.9 Å². The molecule has 3 amide bonds. The molecule has 12 heteroatoms. The van der Waals surface area contributed by atoms with Crippen LogP contribution in [0.5, 0.6) is 0 Å². The predicted octanol–water partition coefficient (Wildman–Crippen LogP) is -0.616. The van der Waals surface area contributed by atoms with Gasteiger partial charge in [0.05, 0.1) is 12.6 Å². The van der Waals surface area contributed by atoms with Crippen molar-refractivity contribution in [1.82, 2.24) is 20.3 Å². The largest absolute Gasteiger partial charge is 0.418 e. The Kier molecular flexibility index (Phi) is 4.89. The molecule has 0 radical (unpaired) electrons. The lowest BCUT2D eigenvalue weighted by Gasteiger charge is -2.29. The Labute approximate surface area is 148 Å². The van der Waals surface area contributed by atoms with Crippen molar-refractivity contribution in [2.24, 2.45) is 0 Å². The molecule has 26 heavy (non-hydrogen) atoms. The standard InChI is InChI=1S/C14H16N4O7S/c19-12(10-3-1-2-6-15-10)7-16-13(20)11-5-4-9-8-17(11)14(21)18(9)25-26(22,23)24/h1-3,6,9,11H,4-5,7-8H2,(H,16,20)(H,22,23,24)/t9-,11+/m1/s1. The summed E-state index contributed by atoms with van der Waals surface area (Å²) >= 11 is 0. The van der Waals surface area contributed by atoms with Crippen molar-refractivity contribution in [1.29, 1.82) is 0 Å². The van der Waals surface area contributed by atoms with Gasteiger partial charge in [-0.2, -0.15) is 13.5 Å². The fourth-order valence-corrected chi connectivity index (χ4v) is 3.40. The van der Waals surface area contributed by atoms with Crippen molar-refractivity contribution in [3.63, 3.8) is 0 Å². The minimum absolute atomic E-state index is 0.0840. The van der Waals surface area contributed by atoms with Crippen LogP contribution in [0.1, 0.15) is 23.3 Å². The molecule has 1 aromatic heterocycles. The molecule has 2 atom stereocenters. The average molecular weight is 384 g/mol. The van der Waals surface area contributed by atoms with Crippen LogP contribution in [0.4, 0.5) is 4.79 Å². The summed E-state index contributed by atoms with van der Waals surface area (Å²) < 4.78 is 34.7. The SMILES string of the molecule is O=C(CNC(=O)[C@@H]1CC[C@@H]2CN1C(=O)N2OS(=O)(=O)O)c1ccccn1. The van der Waals surface area contributed by atoms with Gasteiger partial charge in [0.1, 0.15) is 11.7 Å². The molecular formula is C14H16N4O7S. The molecular weight excluding hydrogens is 368 g/mol. The number of nitrogens with one attached hydrogen (secondary N) is 1. The number of aromatic nitrogens is 1. The molecule has 0 spiro atoms. The second-order valence-electron chi connectivity index (χ2n) is 5.87. The number of piperidine rings is 1. The van der Waals surface area contributed by atoms with Gasteiger partial charge in [0.15, 0.2) is 5.78 Å². The lowest BCUT2D eigenvalue weighted by molar-refractivity contribution is -0.125. The first kappa shape index (κ1) is 18.2. The maximum atomic E-state index is 12.4. The molecule has 1 aromatic rings. The van der Waals surface area contributed by atoms with Crippen LogP contribution in [0.25, 0.3) is 0 Å². The zero-order valence-corrected chi connectivity index (χ0v) is 14.3. The maximum Gasteiger partial charge on any atom is 0.418 e. The fraction of sp³-hybridized carbons (Fsp3) is 0.429. The molecule has 2 bridgehead atoms. The number of carbonyl (C=O) groups is 3. The topological polar surface area (TPSA) is 146 Å². The summed E-state index contributed by atoms with van der Waals surface area (Å²) in [5, 5.41) is 3.02. The van der Waals surface area contributed by atoms with Gasteiger partial charge in [-0.3, -0.25) is 19.1 Å². The highest BCUT2D eigenvalue weighted by molar-refractivity contribution is 7.80. The minimum Gasteiger partial charge on any atom is -0.347 e. The molecule has 0 aromatic carbocycles. The Morgan fingerprint density at radius 3 is 2.77 bits per heavy atom.